The van der Waals surface area contributed by atoms with Crippen molar-refractivity contribution in [2.24, 2.45) is 0 Å². The summed E-state index contributed by atoms with van der Waals surface area (Å²) in [5.41, 5.74) is 0.787. The van der Waals surface area contributed by atoms with Crippen LogP contribution in [0.15, 0.2) is 35.2 Å². The van der Waals surface area contributed by atoms with Gasteiger partial charge in [0.05, 0.1) is 17.1 Å². The molecule has 2 aromatic heterocycles. The van der Waals surface area contributed by atoms with Gasteiger partial charge in [-0.2, -0.15) is 11.3 Å². The number of nitrogens with one attached hydrogen (secondary N) is 1. The fraction of sp³-hybridized carbons (Fsp3) is 0.182. The third-order valence-corrected chi connectivity index (χ3v) is 3.06. The first-order valence-electron chi connectivity index (χ1n) is 5.21. The van der Waals surface area contributed by atoms with E-state index in [9.17, 15) is 15.2 Å². The van der Waals surface area contributed by atoms with Crippen LogP contribution in [-0.2, 0) is 0 Å². The molecule has 0 radical (unpaired) electrons. The normalized spacial score (nSPS) is 12.1. The Labute approximate surface area is 107 Å². The maximum atomic E-state index is 10.6. The average molecular weight is 265 g/mol. The quantitative estimate of drug-likeness (QED) is 0.639. The standard InChI is InChI=1S/C11H11N3O3S/c15-10(8-2-4-18-7-8)6-13-11-5-9(14(16)17)1-3-12-11/h1-5,7,10,15H,6H2,(H,12,13). The van der Waals surface area contributed by atoms with Gasteiger partial charge in [0.1, 0.15) is 5.82 Å². The van der Waals surface area contributed by atoms with Crippen molar-refractivity contribution in [1.82, 2.24) is 4.98 Å². The van der Waals surface area contributed by atoms with Crippen LogP contribution < -0.4 is 5.32 Å². The van der Waals surface area contributed by atoms with Crippen LogP contribution in [0.1, 0.15) is 11.7 Å². The molecule has 94 valence electrons. The van der Waals surface area contributed by atoms with Crippen LogP contribution in [0.25, 0.3) is 0 Å². The lowest BCUT2D eigenvalue weighted by molar-refractivity contribution is -0.384. The van der Waals surface area contributed by atoms with Crippen molar-refractivity contribution in [2.45, 2.75) is 6.10 Å². The lowest BCUT2D eigenvalue weighted by Gasteiger charge is -2.10. The van der Waals surface area contributed by atoms with Crippen LogP contribution in [0, 0.1) is 10.1 Å². The molecule has 2 rings (SSSR count). The monoisotopic (exact) mass is 265 g/mol. The molecule has 2 heterocycles. The van der Waals surface area contributed by atoms with E-state index in [2.05, 4.69) is 10.3 Å². The minimum Gasteiger partial charge on any atom is -0.387 e. The van der Waals surface area contributed by atoms with Crippen LogP contribution in [0.4, 0.5) is 11.5 Å². The summed E-state index contributed by atoms with van der Waals surface area (Å²) < 4.78 is 0. The molecule has 1 atom stereocenters. The van der Waals surface area contributed by atoms with Crippen LogP contribution >= 0.6 is 11.3 Å². The fourth-order valence-corrected chi connectivity index (χ4v) is 2.12. The molecule has 6 nitrogen and oxygen atoms in total. The van der Waals surface area contributed by atoms with E-state index in [4.69, 9.17) is 0 Å². The number of hydrogen-bond acceptors (Lipinski definition) is 6. The van der Waals surface area contributed by atoms with Crippen molar-refractivity contribution in [3.05, 3.63) is 50.8 Å². The highest BCUT2D eigenvalue weighted by atomic mass is 32.1. The molecule has 0 bridgehead atoms. The minimum absolute atomic E-state index is 0.0301. The molecule has 0 fully saturated rings. The Morgan fingerprint density at radius 3 is 3.06 bits per heavy atom. The van der Waals surface area contributed by atoms with E-state index in [1.165, 1.54) is 29.7 Å². The Morgan fingerprint density at radius 1 is 1.56 bits per heavy atom. The molecule has 0 saturated carbocycles. The van der Waals surface area contributed by atoms with Crippen LogP contribution in [0.3, 0.4) is 0 Å². The van der Waals surface area contributed by atoms with Crippen molar-refractivity contribution in [3.63, 3.8) is 0 Å². The Morgan fingerprint density at radius 2 is 2.39 bits per heavy atom. The lowest BCUT2D eigenvalue weighted by Crippen LogP contribution is -2.12. The van der Waals surface area contributed by atoms with Crippen LogP contribution in [-0.4, -0.2) is 21.6 Å². The molecule has 18 heavy (non-hydrogen) atoms. The maximum absolute atomic E-state index is 10.6. The number of nitro groups is 1. The first-order chi connectivity index (χ1) is 8.66. The first-order valence-corrected chi connectivity index (χ1v) is 6.15. The number of hydrogen-bond donors (Lipinski definition) is 2. The van der Waals surface area contributed by atoms with Gasteiger partial charge < -0.3 is 10.4 Å². The molecular formula is C11H11N3O3S. The van der Waals surface area contributed by atoms with Gasteiger partial charge in [-0.25, -0.2) is 4.98 Å². The number of pyridine rings is 1. The molecule has 0 amide bonds. The average Bonchev–Trinajstić information content (AvgIpc) is 2.90. The van der Waals surface area contributed by atoms with E-state index < -0.39 is 11.0 Å². The van der Waals surface area contributed by atoms with Crippen molar-refractivity contribution in [1.29, 1.82) is 0 Å². The van der Waals surface area contributed by atoms with E-state index in [1.54, 1.807) is 0 Å². The molecule has 0 spiro atoms. The van der Waals surface area contributed by atoms with E-state index in [0.717, 1.165) is 5.56 Å². The number of thiophene rings is 1. The summed E-state index contributed by atoms with van der Waals surface area (Å²) in [6.45, 7) is 0.255. The topological polar surface area (TPSA) is 88.3 Å². The minimum atomic E-state index is -0.655. The van der Waals surface area contributed by atoms with Crippen LogP contribution in [0.2, 0.25) is 0 Å². The van der Waals surface area contributed by atoms with Gasteiger partial charge in [0, 0.05) is 18.8 Å². The SMILES string of the molecule is O=[N+]([O-])c1ccnc(NCC(O)c2ccsc2)c1. The molecule has 0 aliphatic heterocycles. The summed E-state index contributed by atoms with van der Waals surface area (Å²) in [6, 6.07) is 4.48. The predicted molar refractivity (Wildman–Crippen MR) is 68.7 cm³/mol. The zero-order valence-electron chi connectivity index (χ0n) is 9.31. The zero-order valence-corrected chi connectivity index (χ0v) is 10.1. The van der Waals surface area contributed by atoms with Crippen LogP contribution in [0.5, 0.6) is 0 Å². The summed E-state index contributed by atoms with van der Waals surface area (Å²) in [4.78, 5) is 14.0. The lowest BCUT2D eigenvalue weighted by atomic mass is 10.2. The van der Waals surface area contributed by atoms with E-state index in [-0.39, 0.29) is 12.2 Å². The number of rotatable bonds is 5. The molecule has 0 aliphatic carbocycles. The van der Waals surface area contributed by atoms with E-state index in [1.807, 2.05) is 16.8 Å². The number of aromatic nitrogens is 1. The summed E-state index contributed by atoms with van der Waals surface area (Å²) in [5.74, 6) is 0.374. The Balaban J connectivity index is 1.98. The third-order valence-electron chi connectivity index (χ3n) is 2.36. The highest BCUT2D eigenvalue weighted by Crippen LogP contribution is 2.18. The van der Waals surface area contributed by atoms with Crippen molar-refractivity contribution in [3.8, 4) is 0 Å². The molecule has 2 N–H and O–H groups in total. The predicted octanol–water partition coefficient (Wildman–Crippen LogP) is 2.20. The van der Waals surface area contributed by atoms with Gasteiger partial charge in [-0.15, -0.1) is 0 Å². The number of nitrogens with zero attached hydrogens (tertiary/aromatic N) is 2. The highest BCUT2D eigenvalue weighted by molar-refractivity contribution is 7.07. The summed E-state index contributed by atoms with van der Waals surface area (Å²) >= 11 is 1.50. The molecule has 0 saturated heterocycles. The second-order valence-electron chi connectivity index (χ2n) is 3.61. The Hall–Kier alpha value is -1.99. The smallest absolute Gasteiger partial charge is 0.274 e. The van der Waals surface area contributed by atoms with Gasteiger partial charge in [0.25, 0.3) is 5.69 Å². The Bertz CT molecular complexity index is 530. The number of aliphatic hydroxyl groups excluding tert-OH is 1. The van der Waals surface area contributed by atoms with Crippen molar-refractivity contribution >= 4 is 22.8 Å². The number of aliphatic hydroxyl groups is 1. The zero-order chi connectivity index (χ0) is 13.0. The second-order valence-corrected chi connectivity index (χ2v) is 4.39. The molecule has 2 aromatic rings. The van der Waals surface area contributed by atoms with Crippen molar-refractivity contribution < 1.29 is 10.0 Å². The van der Waals surface area contributed by atoms with Gasteiger partial charge in [-0.1, -0.05) is 0 Å². The van der Waals surface area contributed by atoms with E-state index in [0.29, 0.717) is 5.82 Å². The maximum Gasteiger partial charge on any atom is 0.274 e. The Kier molecular flexibility index (Phi) is 3.85. The second kappa shape index (κ2) is 5.56. The van der Waals surface area contributed by atoms with Gasteiger partial charge in [0.2, 0.25) is 0 Å². The fourth-order valence-electron chi connectivity index (χ4n) is 1.41. The molecule has 0 aromatic carbocycles. The van der Waals surface area contributed by atoms with Gasteiger partial charge in [-0.05, 0) is 22.4 Å². The highest BCUT2D eigenvalue weighted by Gasteiger charge is 2.10. The summed E-state index contributed by atoms with van der Waals surface area (Å²) in [6.07, 6.45) is 0.703. The van der Waals surface area contributed by atoms with Gasteiger partial charge in [0.15, 0.2) is 0 Å². The molecule has 1 unspecified atom stereocenters. The third kappa shape index (κ3) is 3.02. The van der Waals surface area contributed by atoms with Crippen molar-refractivity contribution in [2.75, 3.05) is 11.9 Å². The summed E-state index contributed by atoms with van der Waals surface area (Å²) in [7, 11) is 0. The number of anilines is 1. The van der Waals surface area contributed by atoms with Gasteiger partial charge in [-0.3, -0.25) is 10.1 Å². The largest absolute Gasteiger partial charge is 0.387 e. The van der Waals surface area contributed by atoms with E-state index >= 15 is 0 Å². The molecule has 0 aliphatic rings. The summed E-state index contributed by atoms with van der Waals surface area (Å²) in [5, 5.41) is 27.0. The molecule has 7 heteroatoms. The van der Waals surface area contributed by atoms with Gasteiger partial charge >= 0.3 is 0 Å². The molecular weight excluding hydrogens is 254 g/mol. The first kappa shape index (κ1) is 12.5.